The van der Waals surface area contributed by atoms with Crippen molar-refractivity contribution in [1.82, 2.24) is 10.1 Å². The predicted octanol–water partition coefficient (Wildman–Crippen LogP) is 1.14. The summed E-state index contributed by atoms with van der Waals surface area (Å²) >= 11 is 5.84. The van der Waals surface area contributed by atoms with Gasteiger partial charge in [0.25, 0.3) is 0 Å². The first-order valence-electron chi connectivity index (χ1n) is 4.25. The molecule has 0 saturated heterocycles. The van der Waals surface area contributed by atoms with E-state index in [1.54, 1.807) is 18.2 Å². The van der Waals surface area contributed by atoms with Gasteiger partial charge in [0.15, 0.2) is 5.82 Å². The quantitative estimate of drug-likeness (QED) is 0.803. The number of nitrogens with one attached hydrogen (secondary N) is 1. The Morgan fingerprint density at radius 2 is 2.33 bits per heavy atom. The number of H-pyrrole nitrogens is 1. The lowest BCUT2D eigenvalue weighted by molar-refractivity contribution is 0.388. The lowest BCUT2D eigenvalue weighted by Crippen LogP contribution is -2.01. The van der Waals surface area contributed by atoms with Gasteiger partial charge in [-0.05, 0) is 17.7 Å². The van der Waals surface area contributed by atoms with E-state index in [9.17, 15) is 4.79 Å². The maximum absolute atomic E-state index is 10.8. The van der Waals surface area contributed by atoms with Gasteiger partial charge in [-0.15, -0.1) is 0 Å². The molecule has 5 nitrogen and oxygen atoms in total. The van der Waals surface area contributed by atoms with E-state index < -0.39 is 5.76 Å². The maximum atomic E-state index is 10.8. The number of rotatable bonds is 2. The molecule has 0 aliphatic rings. The Morgan fingerprint density at radius 1 is 1.53 bits per heavy atom. The zero-order valence-corrected chi connectivity index (χ0v) is 8.41. The summed E-state index contributed by atoms with van der Waals surface area (Å²) in [7, 11) is 0. The molecule has 0 spiro atoms. The normalized spacial score (nSPS) is 10.5. The molecule has 0 amide bonds. The fourth-order valence-corrected chi connectivity index (χ4v) is 1.47. The van der Waals surface area contributed by atoms with E-state index in [2.05, 4.69) is 14.7 Å². The van der Waals surface area contributed by atoms with Gasteiger partial charge in [-0.2, -0.15) is 0 Å². The number of aromatic amines is 1. The molecule has 0 unspecified atom stereocenters. The molecule has 0 atom stereocenters. The van der Waals surface area contributed by atoms with Crippen molar-refractivity contribution in [2.75, 3.05) is 0 Å². The summed E-state index contributed by atoms with van der Waals surface area (Å²) in [6.07, 6.45) is 0. The molecule has 3 N–H and O–H groups in total. The average Bonchev–Trinajstić information content (AvgIpc) is 2.65. The third kappa shape index (κ3) is 1.93. The van der Waals surface area contributed by atoms with Crippen LogP contribution in [0.25, 0.3) is 11.4 Å². The van der Waals surface area contributed by atoms with Crippen molar-refractivity contribution in [3.8, 4) is 11.4 Å². The summed E-state index contributed by atoms with van der Waals surface area (Å²) in [6.45, 7) is 0.335. The van der Waals surface area contributed by atoms with Crippen molar-refractivity contribution >= 4 is 11.6 Å². The van der Waals surface area contributed by atoms with Crippen LogP contribution in [0, 0.1) is 0 Å². The maximum Gasteiger partial charge on any atom is 0.439 e. The molecule has 0 aliphatic heterocycles. The summed E-state index contributed by atoms with van der Waals surface area (Å²) in [5.41, 5.74) is 7.07. The van der Waals surface area contributed by atoms with E-state index in [4.69, 9.17) is 17.3 Å². The van der Waals surface area contributed by atoms with Gasteiger partial charge >= 0.3 is 5.76 Å². The average molecular weight is 226 g/mol. The Hall–Kier alpha value is -1.59. The summed E-state index contributed by atoms with van der Waals surface area (Å²) in [5, 5.41) is 4.13. The van der Waals surface area contributed by atoms with Crippen LogP contribution >= 0.6 is 11.6 Å². The zero-order valence-electron chi connectivity index (χ0n) is 7.66. The largest absolute Gasteiger partial charge is 0.439 e. The second kappa shape index (κ2) is 3.88. The Bertz CT molecular complexity index is 532. The number of hydrogen-bond acceptors (Lipinski definition) is 4. The summed E-state index contributed by atoms with van der Waals surface area (Å²) in [6, 6.07) is 5.19. The third-order valence-corrected chi connectivity index (χ3v) is 2.22. The molecule has 1 aromatic heterocycles. The minimum atomic E-state index is -0.604. The number of halogens is 1. The van der Waals surface area contributed by atoms with Gasteiger partial charge in [-0.3, -0.25) is 9.51 Å². The first-order valence-corrected chi connectivity index (χ1v) is 4.63. The molecule has 6 heteroatoms. The van der Waals surface area contributed by atoms with Crippen molar-refractivity contribution in [1.29, 1.82) is 0 Å². The molecule has 2 rings (SSSR count). The van der Waals surface area contributed by atoms with Crippen LogP contribution in [-0.4, -0.2) is 10.1 Å². The first-order chi connectivity index (χ1) is 7.20. The van der Waals surface area contributed by atoms with E-state index in [0.29, 0.717) is 23.0 Å². The van der Waals surface area contributed by atoms with E-state index in [1.807, 2.05) is 0 Å². The zero-order chi connectivity index (χ0) is 10.8. The monoisotopic (exact) mass is 225 g/mol. The molecule has 0 bridgehead atoms. The first kappa shape index (κ1) is 9.95. The summed E-state index contributed by atoms with van der Waals surface area (Å²) < 4.78 is 4.41. The highest BCUT2D eigenvalue weighted by Gasteiger charge is 2.09. The number of nitrogens with zero attached hydrogens (tertiary/aromatic N) is 1. The Balaban J connectivity index is 2.59. The fourth-order valence-electron chi connectivity index (χ4n) is 1.29. The van der Waals surface area contributed by atoms with Crippen molar-refractivity contribution in [3.05, 3.63) is 39.3 Å². The van der Waals surface area contributed by atoms with Crippen LogP contribution in [0.1, 0.15) is 5.56 Å². The SMILES string of the molecule is NCc1ccc(Cl)cc1-c1noc(=O)[nH]1. The standard InChI is InChI=1S/C9H8ClN3O2/c10-6-2-1-5(4-11)7(3-6)8-12-9(14)15-13-8/h1-3H,4,11H2,(H,12,13,14). The summed E-state index contributed by atoms with van der Waals surface area (Å²) in [5.74, 6) is -0.268. The van der Waals surface area contributed by atoms with Crippen LogP contribution in [0.2, 0.25) is 5.02 Å². The van der Waals surface area contributed by atoms with Gasteiger partial charge in [-0.25, -0.2) is 4.79 Å². The Kier molecular flexibility index (Phi) is 2.57. The van der Waals surface area contributed by atoms with E-state index in [0.717, 1.165) is 5.56 Å². The second-order valence-electron chi connectivity index (χ2n) is 2.95. The van der Waals surface area contributed by atoms with Crippen LogP contribution < -0.4 is 11.5 Å². The number of nitrogens with two attached hydrogens (primary N) is 1. The van der Waals surface area contributed by atoms with Crippen molar-refractivity contribution in [2.24, 2.45) is 5.73 Å². The number of hydrogen-bond donors (Lipinski definition) is 2. The molecule has 78 valence electrons. The van der Waals surface area contributed by atoms with Crippen molar-refractivity contribution in [3.63, 3.8) is 0 Å². The van der Waals surface area contributed by atoms with Gasteiger partial charge in [0.2, 0.25) is 0 Å². The smallest absolute Gasteiger partial charge is 0.326 e. The van der Waals surface area contributed by atoms with Crippen LogP contribution in [0.4, 0.5) is 0 Å². The lowest BCUT2D eigenvalue weighted by atomic mass is 10.1. The van der Waals surface area contributed by atoms with E-state index >= 15 is 0 Å². The minimum absolute atomic E-state index is 0.335. The molecular formula is C9H8ClN3O2. The van der Waals surface area contributed by atoms with Crippen LogP contribution in [0.15, 0.2) is 27.5 Å². The molecule has 2 aromatic rings. The van der Waals surface area contributed by atoms with Gasteiger partial charge in [0.05, 0.1) is 0 Å². The highest BCUT2D eigenvalue weighted by atomic mass is 35.5. The number of benzene rings is 1. The lowest BCUT2D eigenvalue weighted by Gasteiger charge is -2.03. The molecule has 1 heterocycles. The van der Waals surface area contributed by atoms with Gasteiger partial charge in [0, 0.05) is 17.1 Å². The Labute approximate surface area is 89.8 Å². The van der Waals surface area contributed by atoms with Gasteiger partial charge in [0.1, 0.15) is 0 Å². The fraction of sp³-hybridized carbons (Fsp3) is 0.111. The van der Waals surface area contributed by atoms with Crippen molar-refractivity contribution in [2.45, 2.75) is 6.54 Å². The second-order valence-corrected chi connectivity index (χ2v) is 3.39. The molecule has 0 aliphatic carbocycles. The molecule has 0 saturated carbocycles. The highest BCUT2D eigenvalue weighted by Crippen LogP contribution is 2.23. The molecular weight excluding hydrogens is 218 g/mol. The molecule has 1 aromatic carbocycles. The highest BCUT2D eigenvalue weighted by molar-refractivity contribution is 6.30. The van der Waals surface area contributed by atoms with Gasteiger partial charge < -0.3 is 5.73 Å². The van der Waals surface area contributed by atoms with E-state index in [-0.39, 0.29) is 0 Å². The van der Waals surface area contributed by atoms with E-state index in [1.165, 1.54) is 0 Å². The number of aromatic nitrogens is 2. The summed E-state index contributed by atoms with van der Waals surface area (Å²) in [4.78, 5) is 13.2. The topological polar surface area (TPSA) is 84.9 Å². The van der Waals surface area contributed by atoms with Crippen LogP contribution in [-0.2, 0) is 6.54 Å². The Morgan fingerprint density at radius 3 is 2.93 bits per heavy atom. The predicted molar refractivity (Wildman–Crippen MR) is 55.5 cm³/mol. The minimum Gasteiger partial charge on any atom is -0.326 e. The van der Waals surface area contributed by atoms with Gasteiger partial charge in [-0.1, -0.05) is 22.8 Å². The molecule has 15 heavy (non-hydrogen) atoms. The van der Waals surface area contributed by atoms with Crippen LogP contribution in [0.5, 0.6) is 0 Å². The third-order valence-electron chi connectivity index (χ3n) is 1.99. The van der Waals surface area contributed by atoms with Crippen molar-refractivity contribution < 1.29 is 4.52 Å². The molecule has 0 fully saturated rings. The van der Waals surface area contributed by atoms with Crippen LogP contribution in [0.3, 0.4) is 0 Å². The molecule has 0 radical (unpaired) electrons.